The molecule has 1 aliphatic rings. The molecule has 0 spiro atoms. The van der Waals surface area contributed by atoms with Gasteiger partial charge in [-0.2, -0.15) is 10.1 Å². The zero-order valence-corrected chi connectivity index (χ0v) is 11.6. The van der Waals surface area contributed by atoms with Gasteiger partial charge in [0.2, 0.25) is 0 Å². The fourth-order valence-electron chi connectivity index (χ4n) is 2.48. The summed E-state index contributed by atoms with van der Waals surface area (Å²) in [4.78, 5) is 16.6. The van der Waals surface area contributed by atoms with Crippen LogP contribution in [0, 0.1) is 0 Å². The number of hydrogen-bond donors (Lipinski definition) is 1. The fraction of sp³-hybridized carbons (Fsp3) is 0.188. The van der Waals surface area contributed by atoms with Crippen molar-refractivity contribution in [2.24, 2.45) is 5.10 Å². The van der Waals surface area contributed by atoms with Crippen molar-refractivity contribution >= 4 is 11.6 Å². The second kappa shape index (κ2) is 5.10. The topological polar surface area (TPSA) is 65.8 Å². The summed E-state index contributed by atoms with van der Waals surface area (Å²) >= 11 is 0. The van der Waals surface area contributed by atoms with Crippen molar-refractivity contribution in [3.63, 3.8) is 0 Å². The Hall–Kier alpha value is -2.53. The first kappa shape index (κ1) is 13.5. The van der Waals surface area contributed by atoms with Crippen molar-refractivity contribution < 1.29 is 9.90 Å². The van der Waals surface area contributed by atoms with Gasteiger partial charge in [-0.25, -0.2) is 0 Å². The number of benzene rings is 1. The lowest BCUT2D eigenvalue weighted by molar-refractivity contribution is -0.0765. The largest absolute Gasteiger partial charge is 0.365 e. The summed E-state index contributed by atoms with van der Waals surface area (Å²) in [7, 11) is 0. The molecule has 0 unspecified atom stereocenters. The molecule has 0 saturated carbocycles. The van der Waals surface area contributed by atoms with Crippen LogP contribution >= 0.6 is 0 Å². The SMILES string of the molecule is CC1=NN(C(=O)c2ccccc2)[C@](O)(c2ccncc2)C1. The van der Waals surface area contributed by atoms with E-state index in [2.05, 4.69) is 10.1 Å². The predicted molar refractivity (Wildman–Crippen MR) is 78.5 cm³/mol. The summed E-state index contributed by atoms with van der Waals surface area (Å²) in [6.45, 7) is 1.80. The maximum absolute atomic E-state index is 12.6. The van der Waals surface area contributed by atoms with Gasteiger partial charge in [0.25, 0.3) is 5.91 Å². The Morgan fingerprint density at radius 1 is 1.19 bits per heavy atom. The zero-order chi connectivity index (χ0) is 14.9. The second-order valence-electron chi connectivity index (χ2n) is 5.05. The van der Waals surface area contributed by atoms with Crippen LogP contribution in [0.1, 0.15) is 29.3 Å². The van der Waals surface area contributed by atoms with Gasteiger partial charge in [0, 0.05) is 35.7 Å². The number of aromatic nitrogens is 1. The minimum absolute atomic E-state index is 0.287. The normalized spacial score (nSPS) is 21.2. The monoisotopic (exact) mass is 281 g/mol. The lowest BCUT2D eigenvalue weighted by atomic mass is 9.98. The van der Waals surface area contributed by atoms with E-state index in [0.29, 0.717) is 16.8 Å². The van der Waals surface area contributed by atoms with Crippen LogP contribution in [0.3, 0.4) is 0 Å². The molecule has 106 valence electrons. The summed E-state index contributed by atoms with van der Waals surface area (Å²) in [6.07, 6.45) is 3.47. The molecule has 1 aromatic heterocycles. The molecule has 0 bridgehead atoms. The summed E-state index contributed by atoms with van der Waals surface area (Å²) in [5.41, 5.74) is 0.337. The Kier molecular flexibility index (Phi) is 3.27. The van der Waals surface area contributed by atoms with Crippen LogP contribution < -0.4 is 0 Å². The molecule has 1 atom stereocenters. The van der Waals surface area contributed by atoms with Crippen molar-refractivity contribution in [2.45, 2.75) is 19.1 Å². The van der Waals surface area contributed by atoms with Gasteiger partial charge in [0.15, 0.2) is 5.72 Å². The smallest absolute Gasteiger partial charge is 0.276 e. The number of carbonyl (C=O) groups excluding carboxylic acids is 1. The van der Waals surface area contributed by atoms with Crippen molar-refractivity contribution in [1.82, 2.24) is 9.99 Å². The third-order valence-corrected chi connectivity index (χ3v) is 3.48. The zero-order valence-electron chi connectivity index (χ0n) is 11.6. The molecule has 1 amide bonds. The van der Waals surface area contributed by atoms with E-state index in [1.165, 1.54) is 0 Å². The predicted octanol–water partition coefficient (Wildman–Crippen LogP) is 2.15. The lowest BCUT2D eigenvalue weighted by Crippen LogP contribution is -2.43. The Morgan fingerprint density at radius 3 is 2.52 bits per heavy atom. The maximum Gasteiger partial charge on any atom is 0.276 e. The number of carbonyl (C=O) groups is 1. The third kappa shape index (κ3) is 2.32. The molecule has 1 aromatic carbocycles. The molecule has 0 aliphatic carbocycles. The molecule has 0 radical (unpaired) electrons. The van der Waals surface area contributed by atoms with Crippen molar-refractivity contribution in [2.75, 3.05) is 0 Å². The Labute approximate surface area is 122 Å². The average Bonchev–Trinajstić information content (AvgIpc) is 2.84. The van der Waals surface area contributed by atoms with Gasteiger partial charge in [-0.05, 0) is 31.2 Å². The van der Waals surface area contributed by atoms with Crippen molar-refractivity contribution in [3.8, 4) is 0 Å². The van der Waals surface area contributed by atoms with E-state index in [1.54, 1.807) is 55.7 Å². The van der Waals surface area contributed by atoms with Crippen molar-refractivity contribution in [1.29, 1.82) is 0 Å². The van der Waals surface area contributed by atoms with Gasteiger partial charge in [-0.15, -0.1) is 0 Å². The average molecular weight is 281 g/mol. The first-order chi connectivity index (χ1) is 10.1. The number of amides is 1. The van der Waals surface area contributed by atoms with Crippen LogP contribution in [-0.2, 0) is 5.72 Å². The lowest BCUT2D eigenvalue weighted by Gasteiger charge is -2.31. The highest BCUT2D eigenvalue weighted by Crippen LogP contribution is 2.35. The molecule has 2 heterocycles. The van der Waals surface area contributed by atoms with E-state index in [9.17, 15) is 9.90 Å². The molecular formula is C16H15N3O2. The van der Waals surface area contributed by atoms with Gasteiger partial charge in [0.05, 0.1) is 0 Å². The van der Waals surface area contributed by atoms with E-state index in [-0.39, 0.29) is 12.3 Å². The second-order valence-corrected chi connectivity index (χ2v) is 5.05. The minimum Gasteiger partial charge on any atom is -0.365 e. The molecule has 5 nitrogen and oxygen atoms in total. The van der Waals surface area contributed by atoms with Crippen LogP contribution in [0.5, 0.6) is 0 Å². The third-order valence-electron chi connectivity index (χ3n) is 3.48. The van der Waals surface area contributed by atoms with E-state index in [0.717, 1.165) is 5.01 Å². The van der Waals surface area contributed by atoms with Crippen LogP contribution in [0.2, 0.25) is 0 Å². The van der Waals surface area contributed by atoms with Gasteiger partial charge < -0.3 is 5.11 Å². The molecule has 1 N–H and O–H groups in total. The van der Waals surface area contributed by atoms with Gasteiger partial charge >= 0.3 is 0 Å². The molecule has 5 heteroatoms. The summed E-state index contributed by atoms with van der Waals surface area (Å²) in [5.74, 6) is -0.327. The maximum atomic E-state index is 12.6. The fourth-order valence-corrected chi connectivity index (χ4v) is 2.48. The van der Waals surface area contributed by atoms with Gasteiger partial charge in [0.1, 0.15) is 0 Å². The van der Waals surface area contributed by atoms with Gasteiger partial charge in [-0.3, -0.25) is 9.78 Å². The molecule has 1 aliphatic heterocycles. The van der Waals surface area contributed by atoms with E-state index in [1.807, 2.05) is 6.07 Å². The Bertz CT molecular complexity index is 685. The van der Waals surface area contributed by atoms with E-state index < -0.39 is 5.72 Å². The van der Waals surface area contributed by atoms with Crippen molar-refractivity contribution in [3.05, 3.63) is 66.0 Å². The highest BCUT2D eigenvalue weighted by atomic mass is 16.3. The van der Waals surface area contributed by atoms with E-state index in [4.69, 9.17) is 0 Å². The highest BCUT2D eigenvalue weighted by molar-refractivity contribution is 5.97. The van der Waals surface area contributed by atoms with Crippen LogP contribution in [0.4, 0.5) is 0 Å². The molecular weight excluding hydrogens is 266 g/mol. The number of hydrazone groups is 1. The van der Waals surface area contributed by atoms with Crippen LogP contribution in [-0.4, -0.2) is 26.7 Å². The standard InChI is InChI=1S/C16H15N3O2/c1-12-11-16(21,14-7-9-17-10-8-14)19(18-12)15(20)13-5-3-2-4-6-13/h2-10,21H,11H2,1H3/t16-/m1/s1. The Morgan fingerprint density at radius 2 is 1.86 bits per heavy atom. The molecule has 0 saturated heterocycles. The molecule has 21 heavy (non-hydrogen) atoms. The number of nitrogens with zero attached hydrogens (tertiary/aromatic N) is 3. The quantitative estimate of drug-likeness (QED) is 0.917. The minimum atomic E-state index is -1.46. The number of rotatable bonds is 2. The molecule has 2 aromatic rings. The summed E-state index contributed by atoms with van der Waals surface area (Å²) in [6, 6.07) is 12.2. The highest BCUT2D eigenvalue weighted by Gasteiger charge is 2.45. The van der Waals surface area contributed by atoms with E-state index >= 15 is 0 Å². The van der Waals surface area contributed by atoms with Gasteiger partial charge in [-0.1, -0.05) is 18.2 Å². The molecule has 0 fully saturated rings. The number of aliphatic hydroxyl groups is 1. The molecule has 3 rings (SSSR count). The first-order valence-electron chi connectivity index (χ1n) is 6.68. The Balaban J connectivity index is 2.01. The van der Waals surface area contributed by atoms with Crippen LogP contribution in [0.25, 0.3) is 0 Å². The number of hydrogen-bond acceptors (Lipinski definition) is 4. The van der Waals surface area contributed by atoms with Crippen LogP contribution in [0.15, 0.2) is 60.0 Å². The first-order valence-corrected chi connectivity index (χ1v) is 6.68. The summed E-state index contributed by atoms with van der Waals surface area (Å²) < 4.78 is 0. The number of pyridine rings is 1. The summed E-state index contributed by atoms with van der Waals surface area (Å²) in [5, 5.41) is 16.4.